The third kappa shape index (κ3) is 8.88. The van der Waals surface area contributed by atoms with Crippen LogP contribution in [0.15, 0.2) is 12.2 Å². The minimum absolute atomic E-state index is 0.0268. The molecule has 0 saturated carbocycles. The topological polar surface area (TPSA) is 91.7 Å². The Morgan fingerprint density at radius 3 is 1.73 bits per heavy atom. The molecule has 0 aromatic carbocycles. The van der Waals surface area contributed by atoms with E-state index >= 15 is 0 Å². The van der Waals surface area contributed by atoms with E-state index in [0.29, 0.717) is 6.42 Å². The number of aliphatic hydroxyl groups is 1. The lowest BCUT2D eigenvalue weighted by Crippen LogP contribution is -2.32. The van der Waals surface area contributed by atoms with E-state index in [-0.39, 0.29) is 33.0 Å². The van der Waals surface area contributed by atoms with Crippen molar-refractivity contribution < 1.29 is 23.4 Å². The average Bonchev–Trinajstić information content (AvgIpc) is 2.75. The van der Waals surface area contributed by atoms with Crippen LogP contribution in [0.1, 0.15) is 105 Å². The molecule has 2 heterocycles. The molecule has 2 aliphatic heterocycles. The Hall–Kier alpha value is -0.530. The summed E-state index contributed by atoms with van der Waals surface area (Å²) in [5, 5.41) is 19.2. The fourth-order valence-electron chi connectivity index (χ4n) is 4.93. The number of hydrogen-bond donors (Lipinski definition) is 2. The summed E-state index contributed by atoms with van der Waals surface area (Å²) in [6.07, 6.45) is 15.2. The van der Waals surface area contributed by atoms with Crippen LogP contribution in [0.2, 0.25) is 0 Å². The highest BCUT2D eigenvalue weighted by atomic mass is 32.2. The molecule has 2 rings (SSSR count). The van der Waals surface area contributed by atoms with Crippen LogP contribution in [-0.2, 0) is 26.4 Å². The van der Waals surface area contributed by atoms with Gasteiger partial charge in [-0.1, -0.05) is 51.7 Å². The molecule has 6 unspecified atom stereocenters. The Kier molecular flexibility index (Phi) is 11.3. The summed E-state index contributed by atoms with van der Waals surface area (Å²) in [4.78, 5) is 11.3. The monoisotopic (exact) mass is 502 g/mol. The Morgan fingerprint density at radius 2 is 1.30 bits per heavy atom. The summed E-state index contributed by atoms with van der Waals surface area (Å²) in [5.74, 6) is -0.774. The van der Waals surface area contributed by atoms with Gasteiger partial charge < -0.3 is 10.2 Å². The third-order valence-electron chi connectivity index (χ3n) is 7.54. The van der Waals surface area contributed by atoms with Gasteiger partial charge in [-0.2, -0.15) is 0 Å². The Balaban J connectivity index is 1.86. The van der Waals surface area contributed by atoms with E-state index in [0.717, 1.165) is 70.6 Å². The highest BCUT2D eigenvalue weighted by Crippen LogP contribution is 2.32. The van der Waals surface area contributed by atoms with Gasteiger partial charge in [0, 0.05) is 38.7 Å². The molecular formula is C26H46O5S2. The largest absolute Gasteiger partial charge is 0.481 e. The molecule has 0 radical (unpaired) electrons. The number of aliphatic carboxylic acids is 1. The molecule has 2 aliphatic rings. The molecule has 7 heteroatoms. The van der Waals surface area contributed by atoms with Gasteiger partial charge in [0.1, 0.15) is 0 Å². The van der Waals surface area contributed by atoms with E-state index in [1.54, 1.807) is 13.8 Å². The van der Waals surface area contributed by atoms with Crippen molar-refractivity contribution in [2.24, 2.45) is 10.8 Å². The van der Waals surface area contributed by atoms with Crippen LogP contribution in [-0.4, -0.2) is 52.2 Å². The maximum absolute atomic E-state index is 13.1. The second-order valence-corrected chi connectivity index (χ2v) is 15.4. The van der Waals surface area contributed by atoms with Gasteiger partial charge in [-0.05, 0) is 70.6 Å². The number of rotatable bonds is 12. The highest BCUT2D eigenvalue weighted by Gasteiger charge is 2.32. The summed E-state index contributed by atoms with van der Waals surface area (Å²) in [6.45, 7) is 7.83. The average molecular weight is 503 g/mol. The second kappa shape index (κ2) is 13.0. The predicted octanol–water partition coefficient (Wildman–Crippen LogP) is 5.35. The van der Waals surface area contributed by atoms with Gasteiger partial charge in [0.05, 0.1) is 15.9 Å². The summed E-state index contributed by atoms with van der Waals surface area (Å²) in [5.41, 5.74) is -0.800. The summed E-state index contributed by atoms with van der Waals surface area (Å²) < 4.78 is 26.3. The molecule has 33 heavy (non-hydrogen) atoms. The minimum atomic E-state index is -0.952. The van der Waals surface area contributed by atoms with E-state index in [4.69, 9.17) is 0 Å². The molecule has 0 bridgehead atoms. The molecule has 2 N–H and O–H groups in total. The van der Waals surface area contributed by atoms with Crippen molar-refractivity contribution in [3.8, 4) is 0 Å². The van der Waals surface area contributed by atoms with E-state index in [1.807, 2.05) is 0 Å². The third-order valence-corrected chi connectivity index (χ3v) is 11.8. The molecule has 5 nitrogen and oxygen atoms in total. The highest BCUT2D eigenvalue weighted by molar-refractivity contribution is 7.86. The molecule has 2 saturated heterocycles. The van der Waals surface area contributed by atoms with Crippen LogP contribution in [0.25, 0.3) is 0 Å². The zero-order valence-corrected chi connectivity index (χ0v) is 22.7. The van der Waals surface area contributed by atoms with Gasteiger partial charge in [0.25, 0.3) is 0 Å². The molecule has 192 valence electrons. The maximum atomic E-state index is 13.1. The van der Waals surface area contributed by atoms with Crippen LogP contribution in [0.4, 0.5) is 0 Å². The Morgan fingerprint density at radius 1 is 0.848 bits per heavy atom. The standard InChI is InChI=1S/C26H46O5S2/c1-25(2,19-27)17-7-13-20-9-5-11-22(32(20)30)15-16-23-12-6-10-21(33(23)31)14-8-18-26(3,4)24(28)29/h15-16,20-23,27H,5-14,17-19H2,1-4H3,(H,28,29)/b16-15+. The maximum Gasteiger partial charge on any atom is 0.309 e. The van der Waals surface area contributed by atoms with Crippen molar-refractivity contribution >= 4 is 27.6 Å². The SMILES string of the molecule is CC(C)(CO)CCCC1CCCC(/C=C/C2CCCC(CCCC(C)(C)C(=O)O)S2=O)S1=O. The molecular weight excluding hydrogens is 456 g/mol. The normalized spacial score (nSPS) is 31.7. The predicted molar refractivity (Wildman–Crippen MR) is 138 cm³/mol. The number of hydrogen-bond acceptors (Lipinski definition) is 4. The van der Waals surface area contributed by atoms with Gasteiger partial charge in [0.2, 0.25) is 0 Å². The minimum Gasteiger partial charge on any atom is -0.481 e. The zero-order chi connectivity index (χ0) is 24.6. The van der Waals surface area contributed by atoms with E-state index < -0.39 is 33.0 Å². The lowest BCUT2D eigenvalue weighted by molar-refractivity contribution is -0.147. The molecule has 0 spiro atoms. The lowest BCUT2D eigenvalue weighted by Gasteiger charge is -2.30. The van der Waals surface area contributed by atoms with Crippen molar-refractivity contribution in [2.45, 2.75) is 126 Å². The Labute approximate surface area is 206 Å². The van der Waals surface area contributed by atoms with Crippen LogP contribution >= 0.6 is 0 Å². The first kappa shape index (κ1) is 28.7. The number of aliphatic hydroxyl groups excluding tert-OH is 1. The number of carboxylic acid groups (broad SMARTS) is 1. The Bertz CT molecular complexity index is 715. The van der Waals surface area contributed by atoms with E-state index in [9.17, 15) is 23.4 Å². The fraction of sp³-hybridized carbons (Fsp3) is 0.885. The van der Waals surface area contributed by atoms with Gasteiger partial charge in [0.15, 0.2) is 0 Å². The van der Waals surface area contributed by atoms with Gasteiger partial charge in [-0.25, -0.2) is 0 Å². The molecule has 6 atom stereocenters. The van der Waals surface area contributed by atoms with Crippen LogP contribution in [0, 0.1) is 10.8 Å². The van der Waals surface area contributed by atoms with Crippen molar-refractivity contribution in [1.29, 1.82) is 0 Å². The van der Waals surface area contributed by atoms with Gasteiger partial charge in [-0.3, -0.25) is 13.2 Å². The lowest BCUT2D eigenvalue weighted by atomic mass is 9.87. The zero-order valence-electron chi connectivity index (χ0n) is 21.1. The summed E-state index contributed by atoms with van der Waals surface area (Å²) in [7, 11) is -1.85. The smallest absolute Gasteiger partial charge is 0.309 e. The van der Waals surface area contributed by atoms with Crippen LogP contribution in [0.5, 0.6) is 0 Å². The molecule has 2 fully saturated rings. The van der Waals surface area contributed by atoms with Gasteiger partial charge in [-0.15, -0.1) is 0 Å². The fourth-order valence-corrected chi connectivity index (χ4v) is 8.81. The summed E-state index contributed by atoms with van der Waals surface area (Å²) >= 11 is 0. The van der Waals surface area contributed by atoms with Crippen molar-refractivity contribution in [3.63, 3.8) is 0 Å². The first-order valence-electron chi connectivity index (χ1n) is 12.8. The number of carbonyl (C=O) groups is 1. The van der Waals surface area contributed by atoms with Crippen molar-refractivity contribution in [1.82, 2.24) is 0 Å². The number of carboxylic acids is 1. The molecule has 0 aliphatic carbocycles. The van der Waals surface area contributed by atoms with Crippen molar-refractivity contribution in [2.75, 3.05) is 6.61 Å². The molecule has 0 aromatic rings. The van der Waals surface area contributed by atoms with E-state index in [1.165, 1.54) is 0 Å². The van der Waals surface area contributed by atoms with E-state index in [2.05, 4.69) is 26.0 Å². The molecule has 0 aromatic heterocycles. The van der Waals surface area contributed by atoms with Gasteiger partial charge >= 0.3 is 5.97 Å². The van der Waals surface area contributed by atoms with Crippen LogP contribution < -0.4 is 0 Å². The quantitative estimate of drug-likeness (QED) is 0.351. The summed E-state index contributed by atoms with van der Waals surface area (Å²) in [6, 6.07) is 0. The second-order valence-electron chi connectivity index (χ2n) is 11.5. The first-order chi connectivity index (χ1) is 15.5. The first-order valence-corrected chi connectivity index (χ1v) is 15.3. The van der Waals surface area contributed by atoms with Crippen molar-refractivity contribution in [3.05, 3.63) is 12.2 Å². The molecule has 0 amide bonds. The van der Waals surface area contributed by atoms with Crippen LogP contribution in [0.3, 0.4) is 0 Å².